The molecule has 4 rings (SSSR count). The first-order chi connectivity index (χ1) is 15.2. The summed E-state index contributed by atoms with van der Waals surface area (Å²) in [5.74, 6) is 2.38. The molecule has 1 aromatic heterocycles. The van der Waals surface area contributed by atoms with Gasteiger partial charge in [0.05, 0.1) is 5.75 Å². The van der Waals surface area contributed by atoms with Gasteiger partial charge in [-0.25, -0.2) is 0 Å². The number of carbonyl (C=O) groups is 1. The van der Waals surface area contributed by atoms with Crippen molar-refractivity contribution in [2.24, 2.45) is 0 Å². The van der Waals surface area contributed by atoms with E-state index in [2.05, 4.69) is 15.5 Å². The first-order valence-electron chi connectivity index (χ1n) is 9.76. The van der Waals surface area contributed by atoms with E-state index >= 15 is 0 Å². The van der Waals surface area contributed by atoms with E-state index in [9.17, 15) is 4.79 Å². The van der Waals surface area contributed by atoms with Gasteiger partial charge in [-0.1, -0.05) is 35.5 Å². The van der Waals surface area contributed by atoms with Gasteiger partial charge in [0.2, 0.25) is 5.89 Å². The van der Waals surface area contributed by atoms with Crippen molar-refractivity contribution in [2.45, 2.75) is 24.2 Å². The summed E-state index contributed by atoms with van der Waals surface area (Å²) in [6, 6.07) is 24.7. The molecule has 0 aliphatic heterocycles. The zero-order valence-electron chi connectivity index (χ0n) is 16.9. The van der Waals surface area contributed by atoms with Crippen LogP contribution in [0.4, 0.5) is 5.69 Å². The average molecular weight is 432 g/mol. The molecule has 0 unspecified atom stereocenters. The quantitative estimate of drug-likeness (QED) is 0.371. The maximum atomic E-state index is 12.5. The molecule has 0 aliphatic carbocycles. The number of nitrogens with one attached hydrogen (secondary N) is 1. The molecule has 1 N–H and O–H groups in total. The minimum atomic E-state index is -0.165. The first-order valence-corrected chi connectivity index (χ1v) is 10.7. The first kappa shape index (κ1) is 20.7. The molecule has 156 valence electrons. The van der Waals surface area contributed by atoms with Gasteiger partial charge in [-0.05, 0) is 61.0 Å². The van der Waals surface area contributed by atoms with E-state index < -0.39 is 0 Å². The van der Waals surface area contributed by atoms with Crippen molar-refractivity contribution >= 4 is 23.4 Å². The van der Waals surface area contributed by atoms with Crippen LogP contribution in [0, 0.1) is 6.92 Å². The Hall–Kier alpha value is -3.58. The number of anilines is 1. The maximum Gasteiger partial charge on any atom is 0.255 e. The number of hydrogen-bond acceptors (Lipinski definition) is 6. The lowest BCUT2D eigenvalue weighted by Gasteiger charge is -2.09. The number of carbonyl (C=O) groups excluding carboxylic acids is 1. The summed E-state index contributed by atoms with van der Waals surface area (Å²) in [5.41, 5.74) is 2.40. The van der Waals surface area contributed by atoms with Crippen molar-refractivity contribution in [3.05, 3.63) is 102 Å². The highest BCUT2D eigenvalue weighted by molar-refractivity contribution is 7.98. The third kappa shape index (κ3) is 5.96. The second kappa shape index (κ2) is 9.95. The number of aryl methyl sites for hydroxylation is 1. The topological polar surface area (TPSA) is 77.2 Å². The standard InChI is InChI=1S/C24H21N3O3S/c1-17-25-23(30-27-17)16-31-22-13-7-19(8-14-22)24(28)26-20-9-11-21(12-10-20)29-15-18-5-3-2-4-6-18/h2-14H,15-16H2,1H3,(H,26,28). The van der Waals surface area contributed by atoms with Crippen LogP contribution in [-0.4, -0.2) is 16.0 Å². The van der Waals surface area contributed by atoms with Crippen molar-refractivity contribution < 1.29 is 14.1 Å². The fourth-order valence-corrected chi connectivity index (χ4v) is 3.56. The molecule has 0 fully saturated rings. The minimum Gasteiger partial charge on any atom is -0.489 e. The molecule has 0 spiro atoms. The number of ether oxygens (including phenoxy) is 1. The number of rotatable bonds is 8. The normalized spacial score (nSPS) is 10.6. The number of hydrogen-bond donors (Lipinski definition) is 1. The number of thioether (sulfide) groups is 1. The predicted molar refractivity (Wildman–Crippen MR) is 120 cm³/mol. The molecule has 1 heterocycles. The van der Waals surface area contributed by atoms with E-state index in [4.69, 9.17) is 9.26 Å². The van der Waals surface area contributed by atoms with Crippen molar-refractivity contribution in [1.29, 1.82) is 0 Å². The molecule has 0 aliphatic rings. The Balaban J connectivity index is 1.28. The molecule has 0 saturated carbocycles. The van der Waals surface area contributed by atoms with Gasteiger partial charge in [0, 0.05) is 16.1 Å². The summed E-state index contributed by atoms with van der Waals surface area (Å²) >= 11 is 1.57. The van der Waals surface area contributed by atoms with Gasteiger partial charge in [0.25, 0.3) is 5.91 Å². The monoisotopic (exact) mass is 431 g/mol. The predicted octanol–water partition coefficient (Wildman–Crippen LogP) is 5.50. The van der Waals surface area contributed by atoms with E-state index in [1.54, 1.807) is 30.8 Å². The van der Waals surface area contributed by atoms with Gasteiger partial charge in [-0.15, -0.1) is 11.8 Å². The van der Waals surface area contributed by atoms with E-state index in [0.717, 1.165) is 16.2 Å². The summed E-state index contributed by atoms with van der Waals surface area (Å²) in [7, 11) is 0. The lowest BCUT2D eigenvalue weighted by molar-refractivity contribution is 0.102. The van der Waals surface area contributed by atoms with E-state index in [1.807, 2.05) is 66.7 Å². The summed E-state index contributed by atoms with van der Waals surface area (Å²) in [6.45, 7) is 2.29. The Morgan fingerprint density at radius 2 is 1.74 bits per heavy atom. The molecule has 1 amide bonds. The van der Waals surface area contributed by atoms with Crippen LogP contribution >= 0.6 is 11.8 Å². The zero-order valence-corrected chi connectivity index (χ0v) is 17.8. The van der Waals surface area contributed by atoms with Crippen LogP contribution in [0.1, 0.15) is 27.6 Å². The van der Waals surface area contributed by atoms with E-state index in [1.165, 1.54) is 0 Å². The molecule has 4 aromatic rings. The highest BCUT2D eigenvalue weighted by atomic mass is 32.2. The van der Waals surface area contributed by atoms with Crippen LogP contribution in [0.2, 0.25) is 0 Å². The second-order valence-electron chi connectivity index (χ2n) is 6.80. The summed E-state index contributed by atoms with van der Waals surface area (Å²) < 4.78 is 10.9. The molecule has 0 saturated heterocycles. The molecule has 3 aromatic carbocycles. The van der Waals surface area contributed by atoms with Crippen molar-refractivity contribution in [1.82, 2.24) is 10.1 Å². The third-order valence-corrected chi connectivity index (χ3v) is 5.41. The van der Waals surface area contributed by atoms with Crippen molar-refractivity contribution in [3.8, 4) is 5.75 Å². The van der Waals surface area contributed by atoms with Crippen LogP contribution in [0.25, 0.3) is 0 Å². The number of aromatic nitrogens is 2. The van der Waals surface area contributed by atoms with Gasteiger partial charge in [0.1, 0.15) is 12.4 Å². The fourth-order valence-electron chi connectivity index (χ4n) is 2.82. The lowest BCUT2D eigenvalue weighted by Crippen LogP contribution is -2.11. The summed E-state index contributed by atoms with van der Waals surface area (Å²) in [4.78, 5) is 17.7. The summed E-state index contributed by atoms with van der Waals surface area (Å²) in [6.07, 6.45) is 0. The Kier molecular flexibility index (Phi) is 6.64. The van der Waals surface area contributed by atoms with Crippen LogP contribution in [0.5, 0.6) is 5.75 Å². The van der Waals surface area contributed by atoms with Gasteiger partial charge in [-0.2, -0.15) is 4.98 Å². The van der Waals surface area contributed by atoms with Crippen LogP contribution < -0.4 is 10.1 Å². The lowest BCUT2D eigenvalue weighted by atomic mass is 10.2. The zero-order chi connectivity index (χ0) is 21.5. The van der Waals surface area contributed by atoms with Gasteiger partial charge >= 0.3 is 0 Å². The number of benzene rings is 3. The third-order valence-electron chi connectivity index (χ3n) is 4.41. The van der Waals surface area contributed by atoms with E-state index in [0.29, 0.717) is 35.3 Å². The SMILES string of the molecule is Cc1noc(CSc2ccc(C(=O)Nc3ccc(OCc4ccccc4)cc3)cc2)n1. The van der Waals surface area contributed by atoms with Crippen molar-refractivity contribution in [2.75, 3.05) is 5.32 Å². The number of amides is 1. The molecular weight excluding hydrogens is 410 g/mol. The number of nitrogens with zero attached hydrogens (tertiary/aromatic N) is 2. The molecule has 6 nitrogen and oxygen atoms in total. The Bertz CT molecular complexity index is 1130. The largest absolute Gasteiger partial charge is 0.489 e. The van der Waals surface area contributed by atoms with Crippen LogP contribution in [0.3, 0.4) is 0 Å². The van der Waals surface area contributed by atoms with Gasteiger partial charge < -0.3 is 14.6 Å². The smallest absolute Gasteiger partial charge is 0.255 e. The fraction of sp³-hybridized carbons (Fsp3) is 0.125. The maximum absolute atomic E-state index is 12.5. The van der Waals surface area contributed by atoms with Gasteiger partial charge in [0.15, 0.2) is 5.82 Å². The second-order valence-corrected chi connectivity index (χ2v) is 7.85. The molecule has 0 radical (unpaired) electrons. The van der Waals surface area contributed by atoms with Gasteiger partial charge in [-0.3, -0.25) is 4.79 Å². The van der Waals surface area contributed by atoms with Crippen LogP contribution in [0.15, 0.2) is 88.3 Å². The molecule has 7 heteroatoms. The minimum absolute atomic E-state index is 0.165. The average Bonchev–Trinajstić information content (AvgIpc) is 3.23. The summed E-state index contributed by atoms with van der Waals surface area (Å²) in [5, 5.41) is 6.68. The Labute approximate surface area is 184 Å². The van der Waals surface area contributed by atoms with E-state index in [-0.39, 0.29) is 5.91 Å². The Morgan fingerprint density at radius 3 is 2.42 bits per heavy atom. The molecule has 31 heavy (non-hydrogen) atoms. The highest BCUT2D eigenvalue weighted by Crippen LogP contribution is 2.23. The molecule has 0 bridgehead atoms. The molecule has 0 atom stereocenters. The molecular formula is C24H21N3O3S. The van der Waals surface area contributed by atoms with Crippen LogP contribution in [-0.2, 0) is 12.4 Å². The van der Waals surface area contributed by atoms with Crippen molar-refractivity contribution in [3.63, 3.8) is 0 Å². The highest BCUT2D eigenvalue weighted by Gasteiger charge is 2.08. The Morgan fingerprint density at radius 1 is 1.00 bits per heavy atom.